The predicted octanol–water partition coefficient (Wildman–Crippen LogP) is 1.16. The van der Waals surface area contributed by atoms with Crippen LogP contribution < -0.4 is 10.0 Å². The number of hydrogen-bond acceptors (Lipinski definition) is 4. The van der Waals surface area contributed by atoms with Gasteiger partial charge in [-0.3, -0.25) is 4.79 Å². The molecule has 0 N–H and O–H groups in total. The maximum Gasteiger partial charge on any atom is 0.195 e. The first-order valence-corrected chi connectivity index (χ1v) is 6.73. The number of nitrogens with zero attached hydrogens (tertiary/aromatic N) is 1. The first-order chi connectivity index (χ1) is 10.1. The van der Waals surface area contributed by atoms with E-state index in [0.29, 0.717) is 23.2 Å². The maximum atomic E-state index is 12.7. The van der Waals surface area contributed by atoms with Crippen molar-refractivity contribution in [2.75, 3.05) is 11.9 Å². The van der Waals surface area contributed by atoms with Crippen LogP contribution in [0.25, 0.3) is 0 Å². The second-order valence-corrected chi connectivity index (χ2v) is 5.24. The Morgan fingerprint density at radius 2 is 1.95 bits per heavy atom. The summed E-state index contributed by atoms with van der Waals surface area (Å²) in [5.41, 5.74) is 3.59. The van der Waals surface area contributed by atoms with Crippen molar-refractivity contribution < 1.29 is 14.7 Å². The van der Waals surface area contributed by atoms with Crippen molar-refractivity contribution in [3.63, 3.8) is 0 Å². The van der Waals surface area contributed by atoms with Crippen molar-refractivity contribution in [1.82, 2.24) is 0 Å². The number of ketones is 1. The molecule has 0 atom stereocenters. The number of carbonyl (C=O) groups is 2. The third-order valence-electron chi connectivity index (χ3n) is 3.73. The Balaban J connectivity index is 2.14. The van der Waals surface area contributed by atoms with E-state index in [1.54, 1.807) is 18.2 Å². The highest BCUT2D eigenvalue weighted by molar-refractivity contribution is 6.14. The zero-order chi connectivity index (χ0) is 15.0. The first kappa shape index (κ1) is 13.4. The highest BCUT2D eigenvalue weighted by Crippen LogP contribution is 2.30. The zero-order valence-electron chi connectivity index (χ0n) is 11.6. The van der Waals surface area contributed by atoms with E-state index >= 15 is 0 Å². The molecule has 1 aliphatic heterocycles. The molecule has 0 bridgehead atoms. The Morgan fingerprint density at radius 3 is 2.71 bits per heavy atom. The molecule has 0 radical (unpaired) electrons. The van der Waals surface area contributed by atoms with Crippen LogP contribution in [0.5, 0.6) is 0 Å². The van der Waals surface area contributed by atoms with Crippen LogP contribution in [0.1, 0.15) is 27.0 Å². The van der Waals surface area contributed by atoms with Gasteiger partial charge in [-0.2, -0.15) is 0 Å². The van der Waals surface area contributed by atoms with Crippen LogP contribution in [0.2, 0.25) is 0 Å². The van der Waals surface area contributed by atoms with Crippen LogP contribution in [0.15, 0.2) is 42.5 Å². The summed E-state index contributed by atoms with van der Waals surface area (Å²) >= 11 is 0. The van der Waals surface area contributed by atoms with Crippen LogP contribution >= 0.6 is 0 Å². The summed E-state index contributed by atoms with van der Waals surface area (Å²) < 4.78 is 0. The van der Waals surface area contributed by atoms with Crippen LogP contribution in [0.4, 0.5) is 5.69 Å². The normalized spacial score (nSPS) is 13.4. The fourth-order valence-corrected chi connectivity index (χ4v) is 2.74. The van der Waals surface area contributed by atoms with Gasteiger partial charge in [0, 0.05) is 42.8 Å². The predicted molar refractivity (Wildman–Crippen MR) is 77.1 cm³/mol. The summed E-state index contributed by atoms with van der Waals surface area (Å²) in [6, 6.07) is 12.7. The summed E-state index contributed by atoms with van der Waals surface area (Å²) in [6.45, 7) is 0.648. The van der Waals surface area contributed by atoms with Crippen molar-refractivity contribution in [3.05, 3.63) is 64.7 Å². The molecule has 1 aliphatic rings. The molecule has 0 saturated heterocycles. The largest absolute Gasteiger partial charge is 0.550 e. The number of hydrogen-bond donors (Lipinski definition) is 0. The lowest BCUT2D eigenvalue weighted by Gasteiger charge is -2.19. The summed E-state index contributed by atoms with van der Waals surface area (Å²) in [4.78, 5) is 25.5. The van der Waals surface area contributed by atoms with Crippen LogP contribution in [0, 0.1) is 0 Å². The van der Waals surface area contributed by atoms with Crippen LogP contribution in [-0.4, -0.2) is 18.8 Å². The third-order valence-corrected chi connectivity index (χ3v) is 3.73. The van der Waals surface area contributed by atoms with Gasteiger partial charge in [-0.25, -0.2) is 0 Å². The summed E-state index contributed by atoms with van der Waals surface area (Å²) in [5, 5.41) is 10.7. The Labute approximate surface area is 122 Å². The molecule has 0 aliphatic carbocycles. The minimum Gasteiger partial charge on any atom is -0.550 e. The molecule has 21 heavy (non-hydrogen) atoms. The highest BCUT2D eigenvalue weighted by Gasteiger charge is 2.23. The van der Waals surface area contributed by atoms with Gasteiger partial charge in [0.25, 0.3) is 0 Å². The molecule has 0 unspecified atom stereocenters. The molecule has 0 fully saturated rings. The molecule has 0 saturated carbocycles. The van der Waals surface area contributed by atoms with Crippen molar-refractivity contribution >= 4 is 17.4 Å². The second-order valence-electron chi connectivity index (χ2n) is 5.24. The van der Waals surface area contributed by atoms with Crippen molar-refractivity contribution in [2.45, 2.75) is 13.0 Å². The summed E-state index contributed by atoms with van der Waals surface area (Å²) in [6.07, 6.45) is -0.189. The van der Waals surface area contributed by atoms with Gasteiger partial charge in [0.1, 0.15) is 0 Å². The van der Waals surface area contributed by atoms with E-state index in [4.69, 9.17) is 0 Å². The Bertz CT molecular complexity index is 737. The number of fused-ring (bicyclic) bond motifs is 2. The van der Waals surface area contributed by atoms with Gasteiger partial charge in [-0.15, -0.1) is 0 Å². The van der Waals surface area contributed by atoms with E-state index in [0.717, 1.165) is 11.3 Å². The second kappa shape index (κ2) is 5.05. The smallest absolute Gasteiger partial charge is 0.195 e. The van der Waals surface area contributed by atoms with E-state index in [2.05, 4.69) is 0 Å². The molecule has 4 heteroatoms. The van der Waals surface area contributed by atoms with Gasteiger partial charge in [0.15, 0.2) is 5.78 Å². The number of carbonyl (C=O) groups excluding carboxylic acids is 2. The molecule has 1 heterocycles. The van der Waals surface area contributed by atoms with Crippen LogP contribution in [0.3, 0.4) is 0 Å². The average molecular weight is 280 g/mol. The van der Waals surface area contributed by atoms with E-state index in [1.165, 1.54) is 0 Å². The van der Waals surface area contributed by atoms with E-state index in [1.807, 2.05) is 36.2 Å². The number of aliphatic carboxylic acids is 1. The van der Waals surface area contributed by atoms with E-state index < -0.39 is 5.97 Å². The van der Waals surface area contributed by atoms with E-state index in [-0.39, 0.29) is 12.2 Å². The lowest BCUT2D eigenvalue weighted by atomic mass is 9.97. The lowest BCUT2D eigenvalue weighted by molar-refractivity contribution is -0.304. The molecule has 0 spiro atoms. The monoisotopic (exact) mass is 280 g/mol. The zero-order valence-corrected chi connectivity index (χ0v) is 11.6. The average Bonchev–Trinajstić information content (AvgIpc) is 2.55. The van der Waals surface area contributed by atoms with Gasteiger partial charge in [0.05, 0.1) is 0 Å². The molecule has 106 valence electrons. The fraction of sp³-hybridized carbons (Fsp3) is 0.176. The van der Waals surface area contributed by atoms with Gasteiger partial charge in [-0.1, -0.05) is 30.3 Å². The summed E-state index contributed by atoms with van der Waals surface area (Å²) in [7, 11) is 1.92. The van der Waals surface area contributed by atoms with Gasteiger partial charge < -0.3 is 14.8 Å². The standard InChI is InChI=1S/C17H15NO3/c1-18-10-12-4-2-3-5-13(12)17(21)14-8-11(9-16(19)20)6-7-15(14)18/h2-8H,9-10H2,1H3,(H,19,20)/p-1. The lowest BCUT2D eigenvalue weighted by Crippen LogP contribution is -2.24. The molecular weight excluding hydrogens is 266 g/mol. The Morgan fingerprint density at radius 1 is 1.19 bits per heavy atom. The molecule has 3 rings (SSSR count). The minimum atomic E-state index is -1.15. The number of rotatable bonds is 2. The van der Waals surface area contributed by atoms with Crippen LogP contribution in [-0.2, 0) is 17.8 Å². The number of carboxylic acid groups (broad SMARTS) is 1. The van der Waals surface area contributed by atoms with Crippen molar-refractivity contribution in [3.8, 4) is 0 Å². The Hall–Kier alpha value is -2.62. The maximum absolute atomic E-state index is 12.7. The minimum absolute atomic E-state index is 0.0647. The van der Waals surface area contributed by atoms with Crippen molar-refractivity contribution in [1.29, 1.82) is 0 Å². The quantitative estimate of drug-likeness (QED) is 0.828. The van der Waals surface area contributed by atoms with E-state index in [9.17, 15) is 14.7 Å². The van der Waals surface area contributed by atoms with Gasteiger partial charge in [-0.05, 0) is 23.3 Å². The third kappa shape index (κ3) is 2.40. The topological polar surface area (TPSA) is 60.4 Å². The Kier molecular flexibility index (Phi) is 3.22. The first-order valence-electron chi connectivity index (χ1n) is 6.73. The molecule has 0 amide bonds. The number of carboxylic acids is 1. The fourth-order valence-electron chi connectivity index (χ4n) is 2.74. The molecule has 2 aromatic carbocycles. The molecule has 4 nitrogen and oxygen atoms in total. The number of anilines is 1. The number of benzene rings is 2. The van der Waals surface area contributed by atoms with Gasteiger partial charge >= 0.3 is 0 Å². The SMILES string of the molecule is CN1Cc2ccccc2C(=O)c2cc(CC(=O)[O-])ccc21. The highest BCUT2D eigenvalue weighted by atomic mass is 16.4. The molecule has 2 aromatic rings. The summed E-state index contributed by atoms with van der Waals surface area (Å²) in [5.74, 6) is -1.21. The molecule has 0 aromatic heterocycles. The molecular formula is C17H14NO3-. The van der Waals surface area contributed by atoms with Crippen molar-refractivity contribution in [2.24, 2.45) is 0 Å². The van der Waals surface area contributed by atoms with Gasteiger partial charge in [0.2, 0.25) is 0 Å².